The van der Waals surface area contributed by atoms with Gasteiger partial charge >= 0.3 is 0 Å². The average Bonchev–Trinajstić information content (AvgIpc) is 3.32. The van der Waals surface area contributed by atoms with Crippen LogP contribution in [-0.4, -0.2) is 61.8 Å². The quantitative estimate of drug-likeness (QED) is 0.521. The number of anilines is 1. The summed E-state index contributed by atoms with van der Waals surface area (Å²) >= 11 is 0. The molecule has 150 valence electrons. The first-order valence-electron chi connectivity index (χ1n) is 9.29. The lowest BCUT2D eigenvalue weighted by molar-refractivity contribution is 0.266. The summed E-state index contributed by atoms with van der Waals surface area (Å²) in [7, 11) is -3.19. The minimum Gasteiger partial charge on any atom is -0.383 e. The van der Waals surface area contributed by atoms with E-state index < -0.39 is 10.0 Å². The maximum absolute atomic E-state index is 11.8. The first kappa shape index (κ1) is 18.0. The third-order valence-corrected chi connectivity index (χ3v) is 6.73. The zero-order valence-corrected chi connectivity index (χ0v) is 16.6. The molecule has 0 radical (unpaired) electrons. The number of pyridine rings is 1. The number of sulfonamides is 1. The SMILES string of the molecule is CS(=O)(=O)N1CCC(n2nc(-c3cnc4[nH]ccc4c3)c3c(N)ncnc32)CC1. The van der Waals surface area contributed by atoms with E-state index in [-0.39, 0.29) is 6.04 Å². The Labute approximate surface area is 166 Å². The van der Waals surface area contributed by atoms with E-state index in [2.05, 4.69) is 19.9 Å². The van der Waals surface area contributed by atoms with Gasteiger partial charge in [-0.15, -0.1) is 0 Å². The van der Waals surface area contributed by atoms with E-state index in [0.717, 1.165) is 16.6 Å². The molecular formula is C18H20N8O2S. The second-order valence-corrected chi connectivity index (χ2v) is 9.27. The van der Waals surface area contributed by atoms with Crippen LogP contribution in [0.15, 0.2) is 30.9 Å². The smallest absolute Gasteiger partial charge is 0.211 e. The molecule has 0 aliphatic carbocycles. The van der Waals surface area contributed by atoms with Crippen LogP contribution in [0.1, 0.15) is 18.9 Å². The van der Waals surface area contributed by atoms with Gasteiger partial charge in [-0.2, -0.15) is 5.10 Å². The van der Waals surface area contributed by atoms with Crippen molar-refractivity contribution < 1.29 is 8.42 Å². The van der Waals surface area contributed by atoms with Crippen LogP contribution >= 0.6 is 0 Å². The first-order valence-corrected chi connectivity index (χ1v) is 11.1. The number of rotatable bonds is 3. The lowest BCUT2D eigenvalue weighted by atomic mass is 10.1. The van der Waals surface area contributed by atoms with Crippen LogP contribution in [-0.2, 0) is 10.0 Å². The monoisotopic (exact) mass is 412 g/mol. The van der Waals surface area contributed by atoms with Crippen LogP contribution in [0.25, 0.3) is 33.3 Å². The summed E-state index contributed by atoms with van der Waals surface area (Å²) in [5.74, 6) is 0.360. The van der Waals surface area contributed by atoms with Crippen molar-refractivity contribution in [2.75, 3.05) is 25.1 Å². The van der Waals surface area contributed by atoms with Crippen LogP contribution < -0.4 is 5.73 Å². The van der Waals surface area contributed by atoms with Gasteiger partial charge in [0.15, 0.2) is 5.65 Å². The average molecular weight is 412 g/mol. The summed E-state index contributed by atoms with van der Waals surface area (Å²) in [6.45, 7) is 0.912. The third-order valence-electron chi connectivity index (χ3n) is 5.43. The maximum Gasteiger partial charge on any atom is 0.211 e. The number of nitrogens with zero attached hydrogens (tertiary/aromatic N) is 6. The normalized spacial score (nSPS) is 16.7. The van der Waals surface area contributed by atoms with Gasteiger partial charge in [0.05, 0.1) is 17.7 Å². The van der Waals surface area contributed by atoms with Crippen molar-refractivity contribution in [1.29, 1.82) is 0 Å². The molecule has 4 aromatic heterocycles. The molecule has 3 N–H and O–H groups in total. The fraction of sp³-hybridized carbons (Fsp3) is 0.333. The molecule has 10 nitrogen and oxygen atoms in total. The van der Waals surface area contributed by atoms with Gasteiger partial charge in [-0.25, -0.2) is 32.4 Å². The van der Waals surface area contributed by atoms with Gasteiger partial charge in [0, 0.05) is 36.4 Å². The number of fused-ring (bicyclic) bond motifs is 2. The van der Waals surface area contributed by atoms with Gasteiger partial charge in [0.2, 0.25) is 10.0 Å². The zero-order chi connectivity index (χ0) is 20.2. The molecule has 4 aromatic rings. The summed E-state index contributed by atoms with van der Waals surface area (Å²) in [6.07, 6.45) is 7.57. The molecular weight excluding hydrogens is 392 g/mol. The standard InChI is InChI=1S/C18H20N8O2S/c1-29(27,28)25-6-3-13(4-7-25)26-18-14(16(19)22-10-23-18)15(24-26)12-8-11-2-5-20-17(11)21-9-12/h2,5,8-10,13H,3-4,6-7H2,1H3,(H,20,21)(H2,19,22,23). The summed E-state index contributed by atoms with van der Waals surface area (Å²) in [6, 6.07) is 3.98. The highest BCUT2D eigenvalue weighted by molar-refractivity contribution is 7.88. The molecule has 29 heavy (non-hydrogen) atoms. The molecule has 11 heteroatoms. The van der Waals surface area contributed by atoms with Crippen molar-refractivity contribution in [1.82, 2.24) is 34.0 Å². The van der Waals surface area contributed by atoms with Gasteiger partial charge in [0.25, 0.3) is 0 Å². The Bertz CT molecular complexity index is 1320. The fourth-order valence-corrected chi connectivity index (χ4v) is 4.81. The van der Waals surface area contributed by atoms with Crippen LogP contribution in [0, 0.1) is 0 Å². The van der Waals surface area contributed by atoms with Gasteiger partial charge in [-0.3, -0.25) is 0 Å². The molecule has 0 saturated carbocycles. The second-order valence-electron chi connectivity index (χ2n) is 7.28. The molecule has 1 aliphatic rings. The number of hydrogen-bond acceptors (Lipinski definition) is 7. The molecule has 0 aromatic carbocycles. The van der Waals surface area contributed by atoms with Gasteiger partial charge in [-0.05, 0) is 25.0 Å². The number of piperidine rings is 1. The zero-order valence-electron chi connectivity index (χ0n) is 15.8. The Morgan fingerprint density at radius 1 is 1.21 bits per heavy atom. The van der Waals surface area contributed by atoms with E-state index in [1.807, 2.05) is 23.0 Å². The minimum atomic E-state index is -3.19. The number of aromatic nitrogens is 6. The van der Waals surface area contributed by atoms with E-state index in [1.54, 1.807) is 6.20 Å². The van der Waals surface area contributed by atoms with Crippen LogP contribution in [0.4, 0.5) is 5.82 Å². The number of H-pyrrole nitrogens is 1. The lowest BCUT2D eigenvalue weighted by Crippen LogP contribution is -2.38. The molecule has 1 aliphatic heterocycles. The predicted molar refractivity (Wildman–Crippen MR) is 110 cm³/mol. The molecule has 1 fully saturated rings. The lowest BCUT2D eigenvalue weighted by Gasteiger charge is -2.30. The van der Waals surface area contributed by atoms with Gasteiger partial charge < -0.3 is 10.7 Å². The van der Waals surface area contributed by atoms with Crippen LogP contribution in [0.5, 0.6) is 0 Å². The molecule has 1 saturated heterocycles. The number of nitrogens with one attached hydrogen (secondary N) is 1. The minimum absolute atomic E-state index is 0.0301. The van der Waals surface area contributed by atoms with Crippen molar-refractivity contribution in [3.05, 3.63) is 30.9 Å². The fourth-order valence-electron chi connectivity index (χ4n) is 3.94. The Kier molecular flexibility index (Phi) is 4.03. The highest BCUT2D eigenvalue weighted by Gasteiger charge is 2.29. The molecule has 0 amide bonds. The number of nitrogens with two attached hydrogens (primary N) is 1. The Morgan fingerprint density at radius 2 is 2.00 bits per heavy atom. The number of hydrogen-bond donors (Lipinski definition) is 2. The van der Waals surface area contributed by atoms with E-state index >= 15 is 0 Å². The van der Waals surface area contributed by atoms with Crippen molar-refractivity contribution >= 4 is 37.9 Å². The van der Waals surface area contributed by atoms with Crippen molar-refractivity contribution in [2.45, 2.75) is 18.9 Å². The van der Waals surface area contributed by atoms with Crippen molar-refractivity contribution in [3.63, 3.8) is 0 Å². The molecule has 5 heterocycles. The Balaban J connectivity index is 1.60. The third kappa shape index (κ3) is 3.02. The first-order chi connectivity index (χ1) is 13.9. The highest BCUT2D eigenvalue weighted by atomic mass is 32.2. The molecule has 0 spiro atoms. The van der Waals surface area contributed by atoms with E-state index in [1.165, 1.54) is 16.9 Å². The Morgan fingerprint density at radius 3 is 2.76 bits per heavy atom. The molecule has 0 atom stereocenters. The van der Waals surface area contributed by atoms with Crippen molar-refractivity contribution in [3.8, 4) is 11.3 Å². The van der Waals surface area contributed by atoms with Gasteiger partial charge in [0.1, 0.15) is 23.5 Å². The van der Waals surface area contributed by atoms with Crippen LogP contribution in [0.3, 0.4) is 0 Å². The van der Waals surface area contributed by atoms with Crippen LogP contribution in [0.2, 0.25) is 0 Å². The Hall–Kier alpha value is -3.05. The molecule has 0 bridgehead atoms. The number of aromatic amines is 1. The molecule has 5 rings (SSSR count). The summed E-state index contributed by atoms with van der Waals surface area (Å²) in [5.41, 5.74) is 9.15. The maximum atomic E-state index is 11.8. The van der Waals surface area contributed by atoms with E-state index in [4.69, 9.17) is 10.8 Å². The predicted octanol–water partition coefficient (Wildman–Crippen LogP) is 1.55. The van der Waals surface area contributed by atoms with Gasteiger partial charge in [-0.1, -0.05) is 0 Å². The topological polar surface area (TPSA) is 136 Å². The van der Waals surface area contributed by atoms with E-state index in [9.17, 15) is 8.42 Å². The van der Waals surface area contributed by atoms with Crippen molar-refractivity contribution in [2.24, 2.45) is 0 Å². The molecule has 0 unspecified atom stereocenters. The highest BCUT2D eigenvalue weighted by Crippen LogP contribution is 2.34. The largest absolute Gasteiger partial charge is 0.383 e. The summed E-state index contributed by atoms with van der Waals surface area (Å²) < 4.78 is 27.0. The summed E-state index contributed by atoms with van der Waals surface area (Å²) in [5, 5.41) is 6.50. The second kappa shape index (κ2) is 6.49. The van der Waals surface area contributed by atoms with E-state index in [0.29, 0.717) is 48.5 Å². The number of nitrogen functional groups attached to an aromatic ring is 1. The summed E-state index contributed by atoms with van der Waals surface area (Å²) in [4.78, 5) is 16.1.